The first-order chi connectivity index (χ1) is 9.27. The van der Waals surface area contributed by atoms with E-state index in [1.807, 2.05) is 25.1 Å². The van der Waals surface area contributed by atoms with Gasteiger partial charge >= 0.3 is 0 Å². The molecule has 110 valence electrons. The highest BCUT2D eigenvalue weighted by atomic mass is 35.5. The number of aliphatic hydroxyl groups is 1. The number of nitrogens with two attached hydrogens (primary N) is 1. The Hall–Kier alpha value is -1.29. The molecule has 1 atom stereocenters. The van der Waals surface area contributed by atoms with Gasteiger partial charge < -0.3 is 15.6 Å². The molecule has 2 aromatic rings. The van der Waals surface area contributed by atoms with E-state index in [1.165, 1.54) is 5.39 Å². The summed E-state index contributed by atoms with van der Waals surface area (Å²) in [5.41, 5.74) is 7.34. The molecule has 2 aromatic carbocycles. The predicted octanol–water partition coefficient (Wildman–Crippen LogP) is 3.43. The van der Waals surface area contributed by atoms with Gasteiger partial charge in [0.05, 0.1) is 6.61 Å². The molecule has 0 saturated heterocycles. The van der Waals surface area contributed by atoms with Crippen LogP contribution in [0.5, 0.6) is 5.75 Å². The van der Waals surface area contributed by atoms with Gasteiger partial charge in [0, 0.05) is 18.2 Å². The molecule has 0 unspecified atom stereocenters. The molecule has 0 spiro atoms. The first-order valence-corrected chi connectivity index (χ1v) is 6.78. The maximum absolute atomic E-state index is 8.96. The van der Waals surface area contributed by atoms with Crippen molar-refractivity contribution in [3.8, 4) is 5.75 Å². The van der Waals surface area contributed by atoms with Gasteiger partial charge in [0.1, 0.15) is 5.75 Å². The van der Waals surface area contributed by atoms with Gasteiger partial charge in [-0.15, -0.1) is 12.4 Å². The predicted molar refractivity (Wildman–Crippen MR) is 85.6 cm³/mol. The molecule has 0 aliphatic heterocycles. The van der Waals surface area contributed by atoms with Crippen LogP contribution in [0.25, 0.3) is 10.8 Å². The van der Waals surface area contributed by atoms with Crippen LogP contribution in [-0.2, 0) is 0 Å². The van der Waals surface area contributed by atoms with Gasteiger partial charge in [0.25, 0.3) is 0 Å². The number of hydrogen-bond donors (Lipinski definition) is 2. The van der Waals surface area contributed by atoms with Gasteiger partial charge in [-0.1, -0.05) is 30.3 Å². The number of benzene rings is 2. The molecule has 4 heteroatoms. The lowest BCUT2D eigenvalue weighted by molar-refractivity contribution is 0.278. The van der Waals surface area contributed by atoms with Crippen molar-refractivity contribution in [2.45, 2.75) is 25.8 Å². The summed E-state index contributed by atoms with van der Waals surface area (Å²) in [6.07, 6.45) is 1.46. The summed E-state index contributed by atoms with van der Waals surface area (Å²) in [6.45, 7) is 2.76. The molecule has 2 rings (SSSR count). The summed E-state index contributed by atoms with van der Waals surface area (Å²) in [7, 11) is 0. The van der Waals surface area contributed by atoms with Crippen LogP contribution in [-0.4, -0.2) is 18.3 Å². The van der Waals surface area contributed by atoms with Crippen LogP contribution in [0, 0.1) is 0 Å². The monoisotopic (exact) mass is 295 g/mol. The minimum Gasteiger partial charge on any atom is -0.494 e. The Morgan fingerprint density at radius 2 is 1.95 bits per heavy atom. The topological polar surface area (TPSA) is 55.5 Å². The molecule has 3 N–H and O–H groups in total. The summed E-state index contributed by atoms with van der Waals surface area (Å²) in [5.74, 6) is 0.853. The second-order valence-electron chi connectivity index (χ2n) is 4.60. The number of rotatable bonds is 6. The summed E-state index contributed by atoms with van der Waals surface area (Å²) in [4.78, 5) is 0. The van der Waals surface area contributed by atoms with E-state index in [2.05, 4.69) is 18.2 Å². The van der Waals surface area contributed by atoms with E-state index in [9.17, 15) is 0 Å². The lowest BCUT2D eigenvalue weighted by Crippen LogP contribution is -2.13. The SMILES string of the molecule is CCOc1ccc2ccccc2c1[C@@H](N)CCCO.Cl. The van der Waals surface area contributed by atoms with E-state index in [0.29, 0.717) is 13.0 Å². The number of aliphatic hydroxyl groups excluding tert-OH is 1. The molecule has 0 amide bonds. The molecule has 0 saturated carbocycles. The van der Waals surface area contributed by atoms with Crippen molar-refractivity contribution in [2.24, 2.45) is 5.73 Å². The van der Waals surface area contributed by atoms with Gasteiger partial charge in [-0.25, -0.2) is 0 Å². The zero-order chi connectivity index (χ0) is 13.7. The molecular weight excluding hydrogens is 274 g/mol. The Kier molecular flexibility index (Phi) is 6.79. The normalized spacial score (nSPS) is 11.9. The van der Waals surface area contributed by atoms with Crippen molar-refractivity contribution in [3.05, 3.63) is 42.0 Å². The largest absolute Gasteiger partial charge is 0.494 e. The summed E-state index contributed by atoms with van der Waals surface area (Å²) in [6, 6.07) is 12.1. The van der Waals surface area contributed by atoms with Crippen LogP contribution in [0.3, 0.4) is 0 Å². The van der Waals surface area contributed by atoms with Crippen LogP contribution in [0.15, 0.2) is 36.4 Å². The van der Waals surface area contributed by atoms with E-state index < -0.39 is 0 Å². The van der Waals surface area contributed by atoms with Crippen molar-refractivity contribution in [3.63, 3.8) is 0 Å². The number of fused-ring (bicyclic) bond motifs is 1. The molecule has 0 aromatic heterocycles. The Morgan fingerprint density at radius 1 is 1.20 bits per heavy atom. The van der Waals surface area contributed by atoms with Crippen molar-refractivity contribution < 1.29 is 9.84 Å². The average molecular weight is 296 g/mol. The molecule has 0 heterocycles. The molecule has 0 radical (unpaired) electrons. The first-order valence-electron chi connectivity index (χ1n) is 6.78. The highest BCUT2D eigenvalue weighted by Gasteiger charge is 2.15. The van der Waals surface area contributed by atoms with Gasteiger partial charge in [-0.2, -0.15) is 0 Å². The van der Waals surface area contributed by atoms with E-state index in [-0.39, 0.29) is 25.1 Å². The van der Waals surface area contributed by atoms with Crippen LogP contribution >= 0.6 is 12.4 Å². The number of halogens is 1. The van der Waals surface area contributed by atoms with Crippen LogP contribution in [0.4, 0.5) is 0 Å². The second-order valence-corrected chi connectivity index (χ2v) is 4.60. The third kappa shape index (κ3) is 3.63. The molecule has 0 aliphatic rings. The summed E-state index contributed by atoms with van der Waals surface area (Å²) >= 11 is 0. The summed E-state index contributed by atoms with van der Waals surface area (Å²) in [5, 5.41) is 11.3. The Labute approximate surface area is 126 Å². The van der Waals surface area contributed by atoms with E-state index in [1.54, 1.807) is 0 Å². The first kappa shape index (κ1) is 16.8. The lowest BCUT2D eigenvalue weighted by atomic mass is 9.95. The number of ether oxygens (including phenoxy) is 1. The molecule has 0 aliphatic carbocycles. The number of hydrogen-bond acceptors (Lipinski definition) is 3. The van der Waals surface area contributed by atoms with Gasteiger partial charge in [0.2, 0.25) is 0 Å². The third-order valence-corrected chi connectivity index (χ3v) is 3.27. The fraction of sp³-hybridized carbons (Fsp3) is 0.375. The zero-order valence-electron chi connectivity index (χ0n) is 11.7. The fourth-order valence-corrected chi connectivity index (χ4v) is 2.39. The Bertz CT molecular complexity index is 545. The second kappa shape index (κ2) is 8.10. The zero-order valence-corrected chi connectivity index (χ0v) is 12.5. The highest BCUT2D eigenvalue weighted by Crippen LogP contribution is 2.34. The fourth-order valence-electron chi connectivity index (χ4n) is 2.39. The smallest absolute Gasteiger partial charge is 0.124 e. The van der Waals surface area contributed by atoms with Crippen molar-refractivity contribution in [2.75, 3.05) is 13.2 Å². The maximum Gasteiger partial charge on any atom is 0.124 e. The quantitative estimate of drug-likeness (QED) is 0.858. The minimum absolute atomic E-state index is 0. The Balaban J connectivity index is 0.00000200. The Morgan fingerprint density at radius 3 is 2.65 bits per heavy atom. The van der Waals surface area contributed by atoms with Crippen molar-refractivity contribution in [1.82, 2.24) is 0 Å². The third-order valence-electron chi connectivity index (χ3n) is 3.27. The molecular formula is C16H22ClNO2. The molecule has 3 nitrogen and oxygen atoms in total. The van der Waals surface area contributed by atoms with Crippen LogP contribution < -0.4 is 10.5 Å². The van der Waals surface area contributed by atoms with Crippen molar-refractivity contribution in [1.29, 1.82) is 0 Å². The molecule has 0 bridgehead atoms. The minimum atomic E-state index is -0.111. The summed E-state index contributed by atoms with van der Waals surface area (Å²) < 4.78 is 5.70. The van der Waals surface area contributed by atoms with E-state index in [0.717, 1.165) is 23.1 Å². The highest BCUT2D eigenvalue weighted by molar-refractivity contribution is 5.88. The van der Waals surface area contributed by atoms with Crippen LogP contribution in [0.2, 0.25) is 0 Å². The van der Waals surface area contributed by atoms with Gasteiger partial charge in [-0.3, -0.25) is 0 Å². The van der Waals surface area contributed by atoms with Crippen molar-refractivity contribution >= 4 is 23.2 Å². The van der Waals surface area contributed by atoms with Crippen LogP contribution in [0.1, 0.15) is 31.4 Å². The molecule has 20 heavy (non-hydrogen) atoms. The van der Waals surface area contributed by atoms with E-state index in [4.69, 9.17) is 15.6 Å². The maximum atomic E-state index is 8.96. The average Bonchev–Trinajstić information content (AvgIpc) is 2.45. The van der Waals surface area contributed by atoms with Gasteiger partial charge in [0.15, 0.2) is 0 Å². The van der Waals surface area contributed by atoms with Gasteiger partial charge in [-0.05, 0) is 36.6 Å². The lowest BCUT2D eigenvalue weighted by Gasteiger charge is -2.19. The molecule has 0 fully saturated rings. The van der Waals surface area contributed by atoms with E-state index >= 15 is 0 Å². The standard InChI is InChI=1S/C16H21NO2.ClH/c1-2-19-15-10-9-12-6-3-4-7-13(12)16(15)14(17)8-5-11-18;/h3-4,6-7,9-10,14,18H,2,5,8,11,17H2,1H3;1H/t14-;/m0./s1.